The molecule has 234 valence electrons. The zero-order valence-electron chi connectivity index (χ0n) is 25.1. The van der Waals surface area contributed by atoms with Gasteiger partial charge in [0, 0.05) is 24.7 Å². The number of amides is 3. The van der Waals surface area contributed by atoms with Crippen LogP contribution in [0.2, 0.25) is 0 Å². The Hall–Kier alpha value is -2.95. The molecule has 7 N–H and O–H groups in total. The number of H-pyrrole nitrogens is 1. The third-order valence-corrected chi connectivity index (χ3v) is 7.14. The summed E-state index contributed by atoms with van der Waals surface area (Å²) in [6.45, 7) is 2.33. The second kappa shape index (κ2) is 23.7. The van der Waals surface area contributed by atoms with E-state index in [-0.39, 0.29) is 12.3 Å². The lowest BCUT2D eigenvalue weighted by Crippen LogP contribution is -2.51. The van der Waals surface area contributed by atoms with Crippen molar-refractivity contribution in [3.8, 4) is 0 Å². The molecule has 3 amide bonds. The number of aromatic nitrogens is 2. The van der Waals surface area contributed by atoms with Crippen molar-refractivity contribution in [2.45, 2.75) is 135 Å². The second-order valence-electron chi connectivity index (χ2n) is 10.9. The van der Waals surface area contributed by atoms with Crippen LogP contribution in [0.4, 0.5) is 0 Å². The Balaban J connectivity index is 2.30. The monoisotopic (exact) mass is 578 g/mol. The van der Waals surface area contributed by atoms with Crippen molar-refractivity contribution in [1.29, 1.82) is 0 Å². The summed E-state index contributed by atoms with van der Waals surface area (Å²) in [5.74, 6) is -2.49. The fraction of sp³-hybridized carbons (Fsp3) is 0.767. The molecule has 0 saturated heterocycles. The highest BCUT2D eigenvalue weighted by Crippen LogP contribution is 2.13. The summed E-state index contributed by atoms with van der Waals surface area (Å²) in [7, 11) is 0. The zero-order chi connectivity index (χ0) is 30.1. The van der Waals surface area contributed by atoms with Crippen molar-refractivity contribution in [3.63, 3.8) is 0 Å². The Labute approximate surface area is 245 Å². The standard InChI is InChI=1S/C30H54N6O5/c1-2-3-4-5-6-7-8-9-10-11-12-13-14-18-27(37)35-25(17-15-16-19-31)29(39)33-22-28(38)36-26(30(40)41)20-24-21-32-23-34-24/h21,23,25-26H,2-20,22,31H2,1H3,(H,32,34)(H,33,39)(H,35,37)(H,36,38)(H,40,41)/t25-,26-/m0/s1. The SMILES string of the molecule is CCCCCCCCCCCCCCCC(=O)N[C@@H](CCCCN)C(=O)NCC(=O)N[C@@H](Cc1cnc[nH]1)C(=O)O. The summed E-state index contributed by atoms with van der Waals surface area (Å²) < 4.78 is 0. The van der Waals surface area contributed by atoms with E-state index < -0.39 is 36.4 Å². The van der Waals surface area contributed by atoms with E-state index >= 15 is 0 Å². The number of nitrogens with zero attached hydrogens (tertiary/aromatic N) is 1. The van der Waals surface area contributed by atoms with Crippen LogP contribution in [0.1, 0.15) is 122 Å². The third-order valence-electron chi connectivity index (χ3n) is 7.14. The van der Waals surface area contributed by atoms with E-state index in [0.717, 1.165) is 19.3 Å². The van der Waals surface area contributed by atoms with Gasteiger partial charge < -0.3 is 31.8 Å². The highest BCUT2D eigenvalue weighted by molar-refractivity contribution is 5.91. The van der Waals surface area contributed by atoms with Gasteiger partial charge in [-0.05, 0) is 32.2 Å². The van der Waals surface area contributed by atoms with E-state index in [1.807, 2.05) is 0 Å². The maximum Gasteiger partial charge on any atom is 0.326 e. The van der Waals surface area contributed by atoms with E-state index in [1.165, 1.54) is 76.7 Å². The Bertz CT molecular complexity index is 848. The minimum atomic E-state index is -1.20. The minimum absolute atomic E-state index is 0.0337. The molecule has 1 heterocycles. The van der Waals surface area contributed by atoms with Crippen LogP contribution in [-0.4, -0.2) is 63.9 Å². The number of hydrogen-bond donors (Lipinski definition) is 6. The molecule has 11 heteroatoms. The van der Waals surface area contributed by atoms with Crippen LogP contribution in [0.15, 0.2) is 12.5 Å². The molecule has 0 bridgehead atoms. The smallest absolute Gasteiger partial charge is 0.326 e. The van der Waals surface area contributed by atoms with Gasteiger partial charge in [-0.25, -0.2) is 9.78 Å². The van der Waals surface area contributed by atoms with Crippen molar-refractivity contribution in [2.75, 3.05) is 13.1 Å². The maximum absolute atomic E-state index is 12.8. The third kappa shape index (κ3) is 18.9. The summed E-state index contributed by atoms with van der Waals surface area (Å²) in [5.41, 5.74) is 6.14. The molecule has 0 spiro atoms. The first-order chi connectivity index (χ1) is 19.9. The van der Waals surface area contributed by atoms with Gasteiger partial charge in [0.2, 0.25) is 17.7 Å². The maximum atomic E-state index is 12.8. The second-order valence-corrected chi connectivity index (χ2v) is 10.9. The van der Waals surface area contributed by atoms with E-state index in [2.05, 4.69) is 32.8 Å². The summed E-state index contributed by atoms with van der Waals surface area (Å²) in [4.78, 5) is 55.8. The normalized spacial score (nSPS) is 12.4. The van der Waals surface area contributed by atoms with Gasteiger partial charge >= 0.3 is 5.97 Å². The van der Waals surface area contributed by atoms with E-state index in [4.69, 9.17) is 5.73 Å². The van der Waals surface area contributed by atoms with Gasteiger partial charge in [0.1, 0.15) is 12.1 Å². The Kier molecular flexibility index (Phi) is 20.9. The molecule has 0 unspecified atom stereocenters. The average Bonchev–Trinajstić information content (AvgIpc) is 3.46. The van der Waals surface area contributed by atoms with E-state index in [1.54, 1.807) is 0 Å². The molecule has 0 aliphatic carbocycles. The van der Waals surface area contributed by atoms with E-state index in [0.29, 0.717) is 37.9 Å². The molecule has 11 nitrogen and oxygen atoms in total. The number of aromatic amines is 1. The first-order valence-corrected chi connectivity index (χ1v) is 15.6. The van der Waals surface area contributed by atoms with Gasteiger partial charge in [-0.15, -0.1) is 0 Å². The molecule has 0 aliphatic rings. The lowest BCUT2D eigenvalue weighted by atomic mass is 10.0. The molecule has 0 aromatic carbocycles. The van der Waals surface area contributed by atoms with Crippen LogP contribution < -0.4 is 21.7 Å². The number of carboxylic acids is 1. The molecule has 0 saturated carbocycles. The van der Waals surface area contributed by atoms with Crippen molar-refractivity contribution >= 4 is 23.7 Å². The van der Waals surface area contributed by atoms with Crippen LogP contribution in [0.3, 0.4) is 0 Å². The minimum Gasteiger partial charge on any atom is -0.480 e. The largest absolute Gasteiger partial charge is 0.480 e. The molecule has 1 rings (SSSR count). The Morgan fingerprint density at radius 1 is 0.829 bits per heavy atom. The topological polar surface area (TPSA) is 179 Å². The summed E-state index contributed by atoms with van der Waals surface area (Å²) in [5, 5.41) is 17.1. The van der Waals surface area contributed by atoms with Crippen molar-refractivity contribution in [1.82, 2.24) is 25.9 Å². The molecule has 0 radical (unpaired) electrons. The van der Waals surface area contributed by atoms with E-state index in [9.17, 15) is 24.3 Å². The average molecular weight is 579 g/mol. The summed E-state index contributed by atoms with van der Waals surface area (Å²) >= 11 is 0. The van der Waals surface area contributed by atoms with Crippen LogP contribution in [-0.2, 0) is 25.6 Å². The molecule has 41 heavy (non-hydrogen) atoms. The van der Waals surface area contributed by atoms with Crippen LogP contribution in [0.25, 0.3) is 0 Å². The van der Waals surface area contributed by atoms with Gasteiger partial charge in [0.05, 0.1) is 12.9 Å². The molecule has 2 atom stereocenters. The predicted octanol–water partition coefficient (Wildman–Crippen LogP) is 3.73. The number of imidazole rings is 1. The predicted molar refractivity (Wildman–Crippen MR) is 160 cm³/mol. The van der Waals surface area contributed by atoms with Gasteiger partial charge in [-0.1, -0.05) is 84.0 Å². The lowest BCUT2D eigenvalue weighted by Gasteiger charge is -2.19. The van der Waals surface area contributed by atoms with Crippen LogP contribution >= 0.6 is 0 Å². The number of carbonyl (C=O) groups is 4. The van der Waals surface area contributed by atoms with Crippen LogP contribution in [0.5, 0.6) is 0 Å². The summed E-state index contributed by atoms with van der Waals surface area (Å²) in [6, 6.07) is -1.94. The first kappa shape index (κ1) is 36.1. The van der Waals surface area contributed by atoms with Crippen molar-refractivity contribution in [3.05, 3.63) is 18.2 Å². The van der Waals surface area contributed by atoms with Gasteiger partial charge in [0.25, 0.3) is 0 Å². The molecular formula is C30H54N6O5. The fourth-order valence-electron chi connectivity index (χ4n) is 4.68. The Morgan fingerprint density at radius 3 is 1.95 bits per heavy atom. The number of carbonyl (C=O) groups excluding carboxylic acids is 3. The number of nitrogens with one attached hydrogen (secondary N) is 4. The number of aliphatic carboxylic acids is 1. The zero-order valence-corrected chi connectivity index (χ0v) is 25.1. The number of nitrogens with two attached hydrogens (primary N) is 1. The lowest BCUT2D eigenvalue weighted by molar-refractivity contribution is -0.141. The van der Waals surface area contributed by atoms with Gasteiger partial charge in [0.15, 0.2) is 0 Å². The van der Waals surface area contributed by atoms with Crippen molar-refractivity contribution in [2.24, 2.45) is 5.73 Å². The summed E-state index contributed by atoms with van der Waals surface area (Å²) in [6.07, 6.45) is 21.0. The number of rotatable bonds is 26. The molecule has 1 aromatic rings. The highest BCUT2D eigenvalue weighted by Gasteiger charge is 2.23. The van der Waals surface area contributed by atoms with Crippen LogP contribution in [0, 0.1) is 0 Å². The molecule has 0 fully saturated rings. The fourth-order valence-corrected chi connectivity index (χ4v) is 4.68. The van der Waals surface area contributed by atoms with Crippen molar-refractivity contribution < 1.29 is 24.3 Å². The number of unbranched alkanes of at least 4 members (excludes halogenated alkanes) is 13. The number of hydrogen-bond acceptors (Lipinski definition) is 6. The Morgan fingerprint density at radius 2 is 1.41 bits per heavy atom. The van der Waals surface area contributed by atoms with Gasteiger partial charge in [-0.2, -0.15) is 0 Å². The molecular weight excluding hydrogens is 524 g/mol. The quantitative estimate of drug-likeness (QED) is 0.0906. The number of carboxylic acid groups (broad SMARTS) is 1. The highest BCUT2D eigenvalue weighted by atomic mass is 16.4. The molecule has 0 aliphatic heterocycles. The first-order valence-electron chi connectivity index (χ1n) is 15.6. The molecule has 1 aromatic heterocycles. The van der Waals surface area contributed by atoms with Gasteiger partial charge in [-0.3, -0.25) is 14.4 Å².